The van der Waals surface area contributed by atoms with E-state index in [0.29, 0.717) is 6.04 Å². The molecule has 0 aliphatic rings. The number of likely N-dealkylation sites (N-methyl/N-ethyl adjacent to an activating group) is 1. The van der Waals surface area contributed by atoms with Crippen LogP contribution >= 0.6 is 0 Å². The van der Waals surface area contributed by atoms with Gasteiger partial charge in [-0.05, 0) is 36.2 Å². The molecule has 0 saturated carbocycles. The summed E-state index contributed by atoms with van der Waals surface area (Å²) < 4.78 is 0. The summed E-state index contributed by atoms with van der Waals surface area (Å²) in [5.74, 6) is 0. The molecule has 2 rings (SSSR count). The lowest BCUT2D eigenvalue weighted by atomic mass is 9.98. The van der Waals surface area contributed by atoms with Crippen molar-refractivity contribution in [2.75, 3.05) is 13.1 Å². The molecule has 2 heteroatoms. The fraction of sp³-hybridized carbons (Fsp3) is 0.444. The second-order valence-corrected chi connectivity index (χ2v) is 5.52. The van der Waals surface area contributed by atoms with Crippen LogP contribution in [0.3, 0.4) is 0 Å². The lowest BCUT2D eigenvalue weighted by Gasteiger charge is -2.30. The topological polar surface area (TPSA) is 29.3 Å². The first-order valence-corrected chi connectivity index (χ1v) is 7.64. The van der Waals surface area contributed by atoms with Crippen LogP contribution in [0.1, 0.15) is 38.8 Å². The number of fused-ring (bicyclic) bond motifs is 1. The third kappa shape index (κ3) is 3.20. The highest BCUT2D eigenvalue weighted by Gasteiger charge is 2.16. The molecular formula is C18H26N2. The summed E-state index contributed by atoms with van der Waals surface area (Å²) in [4.78, 5) is 2.46. The van der Waals surface area contributed by atoms with Crippen molar-refractivity contribution < 1.29 is 0 Å². The van der Waals surface area contributed by atoms with Crippen molar-refractivity contribution in [3.05, 3.63) is 48.0 Å². The Morgan fingerprint density at radius 3 is 2.45 bits per heavy atom. The van der Waals surface area contributed by atoms with Gasteiger partial charge in [-0.2, -0.15) is 0 Å². The number of hydrogen-bond donors (Lipinski definition) is 1. The van der Waals surface area contributed by atoms with Crippen molar-refractivity contribution in [1.29, 1.82) is 0 Å². The molecule has 0 radical (unpaired) electrons. The average Bonchev–Trinajstić information content (AvgIpc) is 2.51. The van der Waals surface area contributed by atoms with Gasteiger partial charge in [-0.3, -0.25) is 4.90 Å². The largest absolute Gasteiger partial charge is 0.323 e. The quantitative estimate of drug-likeness (QED) is 0.861. The minimum Gasteiger partial charge on any atom is -0.323 e. The smallest absolute Gasteiger partial charge is 0.0430 e. The van der Waals surface area contributed by atoms with Gasteiger partial charge in [0, 0.05) is 18.6 Å². The van der Waals surface area contributed by atoms with Gasteiger partial charge < -0.3 is 5.73 Å². The second-order valence-electron chi connectivity index (χ2n) is 5.52. The Kier molecular flexibility index (Phi) is 5.16. The van der Waals surface area contributed by atoms with E-state index >= 15 is 0 Å². The Balaban J connectivity index is 2.25. The van der Waals surface area contributed by atoms with E-state index in [0.717, 1.165) is 19.5 Å². The maximum absolute atomic E-state index is 6.49. The number of benzene rings is 2. The van der Waals surface area contributed by atoms with E-state index in [4.69, 9.17) is 5.73 Å². The van der Waals surface area contributed by atoms with Crippen molar-refractivity contribution in [3.8, 4) is 0 Å². The molecule has 2 nitrogen and oxygen atoms in total. The van der Waals surface area contributed by atoms with Crippen LogP contribution in [-0.4, -0.2) is 24.0 Å². The van der Waals surface area contributed by atoms with Gasteiger partial charge in [0.25, 0.3) is 0 Å². The maximum Gasteiger partial charge on any atom is 0.0430 e. The number of rotatable bonds is 6. The zero-order chi connectivity index (χ0) is 14.5. The van der Waals surface area contributed by atoms with Gasteiger partial charge in [-0.1, -0.05) is 56.3 Å². The van der Waals surface area contributed by atoms with E-state index in [2.05, 4.69) is 68.1 Å². The first-order chi connectivity index (χ1) is 9.67. The van der Waals surface area contributed by atoms with E-state index in [1.165, 1.54) is 16.3 Å². The molecule has 0 spiro atoms. The van der Waals surface area contributed by atoms with Gasteiger partial charge in [0.15, 0.2) is 0 Å². The average molecular weight is 270 g/mol. The van der Waals surface area contributed by atoms with Gasteiger partial charge in [0.1, 0.15) is 0 Å². The van der Waals surface area contributed by atoms with Crippen molar-refractivity contribution in [3.63, 3.8) is 0 Å². The normalized spacial score (nSPS) is 14.7. The molecule has 0 bridgehead atoms. The van der Waals surface area contributed by atoms with E-state index in [1.54, 1.807) is 0 Å². The standard InChI is InChI=1S/C18H26N2/c1-4-14(3)20(5-2)13-18(19)17-12-8-10-15-9-6-7-11-16(15)17/h6-12,14,18H,4-5,13,19H2,1-3H3. The molecule has 2 unspecified atom stereocenters. The summed E-state index contributed by atoms with van der Waals surface area (Å²) in [7, 11) is 0. The lowest BCUT2D eigenvalue weighted by molar-refractivity contribution is 0.202. The molecule has 0 aromatic heterocycles. The number of nitrogens with zero attached hydrogens (tertiary/aromatic N) is 1. The molecule has 2 N–H and O–H groups in total. The molecule has 2 atom stereocenters. The van der Waals surface area contributed by atoms with Gasteiger partial charge in [-0.15, -0.1) is 0 Å². The van der Waals surface area contributed by atoms with Gasteiger partial charge >= 0.3 is 0 Å². The van der Waals surface area contributed by atoms with Gasteiger partial charge in [0.05, 0.1) is 0 Å². The molecular weight excluding hydrogens is 244 g/mol. The van der Waals surface area contributed by atoms with Crippen LogP contribution in [0.5, 0.6) is 0 Å². The van der Waals surface area contributed by atoms with Crippen molar-refractivity contribution >= 4 is 10.8 Å². The molecule has 20 heavy (non-hydrogen) atoms. The molecule has 0 aliphatic heterocycles. The van der Waals surface area contributed by atoms with Crippen LogP contribution in [0.15, 0.2) is 42.5 Å². The monoisotopic (exact) mass is 270 g/mol. The van der Waals surface area contributed by atoms with Crippen LogP contribution < -0.4 is 5.73 Å². The van der Waals surface area contributed by atoms with Crippen LogP contribution in [0.4, 0.5) is 0 Å². The van der Waals surface area contributed by atoms with E-state index in [9.17, 15) is 0 Å². The van der Waals surface area contributed by atoms with Crippen LogP contribution in [0.2, 0.25) is 0 Å². The van der Waals surface area contributed by atoms with Crippen LogP contribution in [0, 0.1) is 0 Å². The molecule has 0 saturated heterocycles. The summed E-state index contributed by atoms with van der Waals surface area (Å²) in [6, 6.07) is 15.6. The molecule has 108 valence electrons. The Labute approximate surface area is 122 Å². The summed E-state index contributed by atoms with van der Waals surface area (Å²) in [6.07, 6.45) is 1.16. The van der Waals surface area contributed by atoms with Gasteiger partial charge in [0.2, 0.25) is 0 Å². The van der Waals surface area contributed by atoms with Crippen LogP contribution in [0.25, 0.3) is 10.8 Å². The highest BCUT2D eigenvalue weighted by Crippen LogP contribution is 2.24. The molecule has 2 aromatic carbocycles. The summed E-state index contributed by atoms with van der Waals surface area (Å²) in [5.41, 5.74) is 7.74. The fourth-order valence-corrected chi connectivity index (χ4v) is 2.80. The van der Waals surface area contributed by atoms with Crippen molar-refractivity contribution in [2.24, 2.45) is 5.73 Å². The Morgan fingerprint density at radius 2 is 1.75 bits per heavy atom. The minimum absolute atomic E-state index is 0.0649. The first kappa shape index (κ1) is 15.0. The SMILES string of the molecule is CCC(C)N(CC)CC(N)c1cccc2ccccc12. The van der Waals surface area contributed by atoms with Crippen molar-refractivity contribution in [2.45, 2.75) is 39.3 Å². The molecule has 0 fully saturated rings. The minimum atomic E-state index is 0.0649. The predicted octanol–water partition coefficient (Wildman–Crippen LogP) is 3.96. The maximum atomic E-state index is 6.49. The lowest BCUT2D eigenvalue weighted by Crippen LogP contribution is -2.38. The predicted molar refractivity (Wildman–Crippen MR) is 87.9 cm³/mol. The zero-order valence-electron chi connectivity index (χ0n) is 12.8. The van der Waals surface area contributed by atoms with E-state index in [1.807, 2.05) is 0 Å². The Hall–Kier alpha value is -1.38. The zero-order valence-corrected chi connectivity index (χ0v) is 12.8. The van der Waals surface area contributed by atoms with Gasteiger partial charge in [-0.25, -0.2) is 0 Å². The van der Waals surface area contributed by atoms with E-state index in [-0.39, 0.29) is 6.04 Å². The number of hydrogen-bond acceptors (Lipinski definition) is 2. The Bertz CT molecular complexity index is 545. The molecule has 0 amide bonds. The van der Waals surface area contributed by atoms with Crippen molar-refractivity contribution in [1.82, 2.24) is 4.90 Å². The first-order valence-electron chi connectivity index (χ1n) is 7.64. The highest BCUT2D eigenvalue weighted by molar-refractivity contribution is 5.86. The third-order valence-corrected chi connectivity index (χ3v) is 4.27. The third-order valence-electron chi connectivity index (χ3n) is 4.27. The fourth-order valence-electron chi connectivity index (χ4n) is 2.80. The second kappa shape index (κ2) is 6.87. The van der Waals surface area contributed by atoms with Crippen LogP contribution in [-0.2, 0) is 0 Å². The Morgan fingerprint density at radius 1 is 1.05 bits per heavy atom. The molecule has 0 heterocycles. The highest BCUT2D eigenvalue weighted by atomic mass is 15.2. The molecule has 0 aliphatic carbocycles. The number of nitrogens with two attached hydrogens (primary N) is 1. The van der Waals surface area contributed by atoms with E-state index < -0.39 is 0 Å². The summed E-state index contributed by atoms with van der Waals surface area (Å²) in [6.45, 7) is 8.69. The molecule has 2 aromatic rings. The summed E-state index contributed by atoms with van der Waals surface area (Å²) in [5, 5.41) is 2.55. The summed E-state index contributed by atoms with van der Waals surface area (Å²) >= 11 is 0.